The Morgan fingerprint density at radius 3 is 2.33 bits per heavy atom. The van der Waals surface area contributed by atoms with Crippen LogP contribution in [0.5, 0.6) is 0 Å². The minimum Gasteiger partial charge on any atom is -0.345 e. The number of aryl methyl sites for hydroxylation is 3. The van der Waals surface area contributed by atoms with E-state index in [4.69, 9.17) is 0 Å². The van der Waals surface area contributed by atoms with E-state index in [1.54, 1.807) is 12.1 Å². The van der Waals surface area contributed by atoms with E-state index >= 15 is 0 Å². The van der Waals surface area contributed by atoms with Gasteiger partial charge >= 0.3 is 0 Å². The van der Waals surface area contributed by atoms with Crippen LogP contribution in [0.1, 0.15) is 40.3 Å². The largest absolute Gasteiger partial charge is 0.345 e. The molecule has 0 aromatic heterocycles. The topological polar surface area (TPSA) is 29.1 Å². The number of carbonyl (C=O) groups is 1. The number of nitrogens with one attached hydrogen (secondary N) is 1. The molecule has 0 spiro atoms. The third-order valence-corrected chi connectivity index (χ3v) is 4.73. The minimum atomic E-state index is -0.262. The van der Waals surface area contributed by atoms with E-state index in [-0.39, 0.29) is 17.8 Å². The van der Waals surface area contributed by atoms with Gasteiger partial charge in [-0.05, 0) is 54.7 Å². The molecule has 0 radical (unpaired) electrons. The molecular formula is C24H24FNO. The van der Waals surface area contributed by atoms with Crippen molar-refractivity contribution in [1.82, 2.24) is 5.32 Å². The van der Waals surface area contributed by atoms with Crippen LogP contribution in [0, 0.1) is 19.7 Å². The van der Waals surface area contributed by atoms with Gasteiger partial charge < -0.3 is 5.32 Å². The number of halogens is 1. The van der Waals surface area contributed by atoms with Gasteiger partial charge in [-0.3, -0.25) is 4.79 Å². The molecule has 27 heavy (non-hydrogen) atoms. The standard InChI is InChI=1S/C24H24FNO/c1-17-8-14-22(18(2)16-17)24(20-6-4-3-5-7-20)26-23(27)15-11-19-9-12-21(25)13-10-19/h3-10,12-14,16,24H,11,15H2,1-2H3,(H,26,27)/t24-/m1/s1. The first-order valence-corrected chi connectivity index (χ1v) is 9.19. The van der Waals surface area contributed by atoms with Crippen LogP contribution in [-0.2, 0) is 11.2 Å². The van der Waals surface area contributed by atoms with Crippen LogP contribution in [0.4, 0.5) is 4.39 Å². The van der Waals surface area contributed by atoms with Crippen molar-refractivity contribution in [3.8, 4) is 0 Å². The Hall–Kier alpha value is -2.94. The van der Waals surface area contributed by atoms with Gasteiger partial charge in [0.15, 0.2) is 0 Å². The molecule has 0 saturated heterocycles. The molecule has 0 unspecified atom stereocenters. The maximum absolute atomic E-state index is 13.0. The molecule has 0 aliphatic heterocycles. The zero-order valence-corrected chi connectivity index (χ0v) is 15.7. The SMILES string of the molecule is Cc1ccc([C@H](NC(=O)CCc2ccc(F)cc2)c2ccccc2)c(C)c1. The molecule has 0 aliphatic carbocycles. The molecule has 0 aliphatic rings. The first-order valence-electron chi connectivity index (χ1n) is 9.19. The normalized spacial score (nSPS) is 11.8. The third-order valence-electron chi connectivity index (χ3n) is 4.73. The first-order chi connectivity index (χ1) is 13.0. The van der Waals surface area contributed by atoms with Crippen LogP contribution in [0.25, 0.3) is 0 Å². The number of rotatable bonds is 6. The van der Waals surface area contributed by atoms with Gasteiger partial charge in [0.05, 0.1) is 6.04 Å². The molecule has 1 amide bonds. The highest BCUT2D eigenvalue weighted by atomic mass is 19.1. The summed E-state index contributed by atoms with van der Waals surface area (Å²) in [5, 5.41) is 3.18. The first kappa shape index (κ1) is 18.8. The second-order valence-electron chi connectivity index (χ2n) is 6.90. The lowest BCUT2D eigenvalue weighted by Crippen LogP contribution is -2.30. The molecular weight excluding hydrogens is 337 g/mol. The molecule has 1 N–H and O–H groups in total. The van der Waals surface area contributed by atoms with E-state index in [1.807, 2.05) is 30.3 Å². The van der Waals surface area contributed by atoms with Crippen molar-refractivity contribution >= 4 is 5.91 Å². The van der Waals surface area contributed by atoms with E-state index in [0.717, 1.165) is 22.3 Å². The number of benzene rings is 3. The predicted molar refractivity (Wildman–Crippen MR) is 107 cm³/mol. The number of hydrogen-bond donors (Lipinski definition) is 1. The Morgan fingerprint density at radius 2 is 1.67 bits per heavy atom. The van der Waals surface area contributed by atoms with Crippen LogP contribution in [0.15, 0.2) is 72.8 Å². The van der Waals surface area contributed by atoms with E-state index in [0.29, 0.717) is 12.8 Å². The summed E-state index contributed by atoms with van der Waals surface area (Å²) in [6.07, 6.45) is 0.945. The van der Waals surface area contributed by atoms with Gasteiger partial charge in [0.2, 0.25) is 5.91 Å². The van der Waals surface area contributed by atoms with Gasteiger partial charge in [-0.15, -0.1) is 0 Å². The van der Waals surface area contributed by atoms with Gasteiger partial charge in [-0.1, -0.05) is 66.2 Å². The highest BCUT2D eigenvalue weighted by Gasteiger charge is 2.18. The number of carbonyl (C=O) groups excluding carboxylic acids is 1. The van der Waals surface area contributed by atoms with Crippen molar-refractivity contribution in [2.45, 2.75) is 32.7 Å². The molecule has 3 aromatic carbocycles. The molecule has 2 nitrogen and oxygen atoms in total. The van der Waals surface area contributed by atoms with Crippen molar-refractivity contribution in [3.63, 3.8) is 0 Å². The van der Waals surface area contributed by atoms with E-state index < -0.39 is 0 Å². The molecule has 0 heterocycles. The zero-order valence-electron chi connectivity index (χ0n) is 15.7. The summed E-state index contributed by atoms with van der Waals surface area (Å²) in [6, 6.07) is 22.4. The number of hydrogen-bond acceptors (Lipinski definition) is 1. The Balaban J connectivity index is 1.77. The molecule has 0 fully saturated rings. The summed E-state index contributed by atoms with van der Waals surface area (Å²) < 4.78 is 13.0. The number of amides is 1. The molecule has 0 bridgehead atoms. The van der Waals surface area contributed by atoms with Crippen molar-refractivity contribution in [3.05, 3.63) is 106 Å². The molecule has 3 aromatic rings. The van der Waals surface area contributed by atoms with Crippen LogP contribution in [-0.4, -0.2) is 5.91 Å². The van der Waals surface area contributed by atoms with Gasteiger partial charge in [0.25, 0.3) is 0 Å². The summed E-state index contributed by atoms with van der Waals surface area (Å²) in [4.78, 5) is 12.6. The Kier molecular flexibility index (Phi) is 6.02. The van der Waals surface area contributed by atoms with Gasteiger partial charge in [-0.2, -0.15) is 0 Å². The molecule has 0 saturated carbocycles. The summed E-state index contributed by atoms with van der Waals surface area (Å²) in [7, 11) is 0. The second-order valence-corrected chi connectivity index (χ2v) is 6.90. The Labute approximate surface area is 160 Å². The fourth-order valence-corrected chi connectivity index (χ4v) is 3.28. The predicted octanol–water partition coefficient (Wildman–Crippen LogP) is 5.28. The van der Waals surface area contributed by atoms with Gasteiger partial charge in [0, 0.05) is 6.42 Å². The average molecular weight is 361 g/mol. The van der Waals surface area contributed by atoms with Crippen LogP contribution in [0.3, 0.4) is 0 Å². The lowest BCUT2D eigenvalue weighted by atomic mass is 9.93. The maximum atomic E-state index is 13.0. The maximum Gasteiger partial charge on any atom is 0.221 e. The highest BCUT2D eigenvalue weighted by Crippen LogP contribution is 2.26. The monoisotopic (exact) mass is 361 g/mol. The highest BCUT2D eigenvalue weighted by molar-refractivity contribution is 5.77. The van der Waals surface area contributed by atoms with Gasteiger partial charge in [-0.25, -0.2) is 4.39 Å². The van der Waals surface area contributed by atoms with Crippen molar-refractivity contribution in [2.75, 3.05) is 0 Å². The summed E-state index contributed by atoms with van der Waals surface area (Å²) in [5.74, 6) is -0.282. The van der Waals surface area contributed by atoms with Gasteiger partial charge in [0.1, 0.15) is 5.82 Å². The quantitative estimate of drug-likeness (QED) is 0.636. The molecule has 138 valence electrons. The fourth-order valence-electron chi connectivity index (χ4n) is 3.28. The summed E-state index contributed by atoms with van der Waals surface area (Å²) in [5.41, 5.74) is 5.46. The lowest BCUT2D eigenvalue weighted by molar-refractivity contribution is -0.121. The lowest BCUT2D eigenvalue weighted by Gasteiger charge is -2.22. The van der Waals surface area contributed by atoms with E-state index in [2.05, 4.69) is 37.4 Å². The van der Waals surface area contributed by atoms with Crippen molar-refractivity contribution in [1.29, 1.82) is 0 Å². The third kappa shape index (κ3) is 5.04. The molecule has 3 heteroatoms. The molecule has 3 rings (SSSR count). The molecule has 1 atom stereocenters. The fraction of sp³-hybridized carbons (Fsp3) is 0.208. The zero-order chi connectivity index (χ0) is 19.2. The Bertz CT molecular complexity index is 903. The van der Waals surface area contributed by atoms with Crippen LogP contribution < -0.4 is 5.32 Å². The Morgan fingerprint density at radius 1 is 0.963 bits per heavy atom. The smallest absolute Gasteiger partial charge is 0.221 e. The van der Waals surface area contributed by atoms with E-state index in [9.17, 15) is 9.18 Å². The van der Waals surface area contributed by atoms with Crippen LogP contribution in [0.2, 0.25) is 0 Å². The minimum absolute atomic E-state index is 0.0202. The second kappa shape index (κ2) is 8.63. The summed E-state index contributed by atoms with van der Waals surface area (Å²) in [6.45, 7) is 4.14. The summed E-state index contributed by atoms with van der Waals surface area (Å²) >= 11 is 0. The van der Waals surface area contributed by atoms with Crippen molar-refractivity contribution < 1.29 is 9.18 Å². The average Bonchev–Trinajstić information content (AvgIpc) is 2.67. The van der Waals surface area contributed by atoms with Crippen molar-refractivity contribution in [2.24, 2.45) is 0 Å². The van der Waals surface area contributed by atoms with Crippen LogP contribution >= 0.6 is 0 Å². The van der Waals surface area contributed by atoms with E-state index in [1.165, 1.54) is 17.7 Å².